The Morgan fingerprint density at radius 1 is 0.936 bits per heavy atom. The van der Waals surface area contributed by atoms with Crippen molar-refractivity contribution < 1.29 is 24.0 Å². The van der Waals surface area contributed by atoms with Gasteiger partial charge in [0.1, 0.15) is 12.1 Å². The van der Waals surface area contributed by atoms with Gasteiger partial charge in [0.15, 0.2) is 0 Å². The lowest BCUT2D eigenvalue weighted by molar-refractivity contribution is -0.144. The van der Waals surface area contributed by atoms with Crippen molar-refractivity contribution in [3.63, 3.8) is 0 Å². The summed E-state index contributed by atoms with van der Waals surface area (Å²) in [4.78, 5) is 69.7. The molecule has 3 aliphatic rings. The molecule has 5 amide bonds. The van der Waals surface area contributed by atoms with Crippen LogP contribution in [-0.2, 0) is 19.2 Å². The van der Waals surface area contributed by atoms with Crippen LogP contribution in [0, 0.1) is 23.2 Å². The van der Waals surface area contributed by atoms with Gasteiger partial charge in [-0.15, -0.1) is 6.58 Å². The van der Waals surface area contributed by atoms with E-state index in [1.807, 2.05) is 27.7 Å². The predicted octanol–water partition coefficient (Wildman–Crippen LogP) is 5.40. The molecule has 2 saturated carbocycles. The van der Waals surface area contributed by atoms with Crippen molar-refractivity contribution in [3.05, 3.63) is 12.7 Å². The lowest BCUT2D eigenvalue weighted by Crippen LogP contribution is -2.63. The van der Waals surface area contributed by atoms with Gasteiger partial charge < -0.3 is 26.2 Å². The number of amides is 5. The molecule has 0 unspecified atom stereocenters. The van der Waals surface area contributed by atoms with E-state index in [2.05, 4.69) is 41.7 Å². The van der Waals surface area contributed by atoms with Crippen molar-refractivity contribution in [3.8, 4) is 0 Å². The fraction of sp³-hybridized carbons (Fsp3) is 0.811. The number of urea groups is 1. The van der Waals surface area contributed by atoms with E-state index < -0.39 is 41.1 Å². The normalized spacial score (nSPS) is 24.0. The van der Waals surface area contributed by atoms with E-state index in [0.29, 0.717) is 25.3 Å². The number of rotatable bonds is 16. The zero-order chi connectivity index (χ0) is 34.8. The van der Waals surface area contributed by atoms with Crippen molar-refractivity contribution in [2.45, 2.75) is 155 Å². The Hall–Kier alpha value is -2.91. The summed E-state index contributed by atoms with van der Waals surface area (Å²) in [5.74, 6) is -1.66. The van der Waals surface area contributed by atoms with E-state index in [0.717, 1.165) is 70.6 Å². The number of hydrogen-bond acceptors (Lipinski definition) is 5. The van der Waals surface area contributed by atoms with Gasteiger partial charge in [0.05, 0.1) is 6.04 Å². The molecule has 10 heteroatoms. The van der Waals surface area contributed by atoms with Gasteiger partial charge in [-0.05, 0) is 61.7 Å². The summed E-state index contributed by atoms with van der Waals surface area (Å²) in [6.45, 7) is 16.4. The average molecular weight is 658 g/mol. The number of unbranched alkanes of at least 4 members (excludes halogenated alkanes) is 2. The summed E-state index contributed by atoms with van der Waals surface area (Å²) in [6, 6.07) is -2.94. The van der Waals surface area contributed by atoms with E-state index in [1.54, 1.807) is 4.90 Å². The molecule has 0 spiro atoms. The molecule has 10 nitrogen and oxygen atoms in total. The molecule has 4 N–H and O–H groups in total. The van der Waals surface area contributed by atoms with Crippen molar-refractivity contribution in [1.29, 1.82) is 0 Å². The fourth-order valence-corrected chi connectivity index (χ4v) is 8.13. The molecule has 3 fully saturated rings. The molecule has 1 aliphatic heterocycles. The second-order valence-corrected chi connectivity index (χ2v) is 15.5. The molecule has 0 aromatic heterocycles. The first-order valence-electron chi connectivity index (χ1n) is 18.4. The molecular formula is C37H63N5O5. The Morgan fingerprint density at radius 3 is 2.21 bits per heavy atom. The van der Waals surface area contributed by atoms with E-state index >= 15 is 0 Å². The van der Waals surface area contributed by atoms with Gasteiger partial charge in [-0.1, -0.05) is 99.0 Å². The second-order valence-electron chi connectivity index (χ2n) is 15.5. The molecule has 1 saturated heterocycles. The highest BCUT2D eigenvalue weighted by Crippen LogP contribution is 2.43. The van der Waals surface area contributed by atoms with Crippen LogP contribution in [0.5, 0.6) is 0 Å². The number of likely N-dealkylation sites (tertiary alicyclic amines) is 1. The SMILES string of the molecule is C=CCNC(=O)C(=O)[C@H](CCCC)NC(=O)[C@@H]1[C@H]2CCC[C@H]2CN1C(=O)[C@@H](NC(=O)NC1([C@@H](C)CCCC)CCCCC1)C(C)(C)C. The first kappa shape index (κ1) is 38.5. The molecule has 0 aromatic carbocycles. The number of nitrogens with one attached hydrogen (secondary N) is 4. The highest BCUT2D eigenvalue weighted by molar-refractivity contribution is 6.38. The van der Waals surface area contributed by atoms with Crippen molar-refractivity contribution >= 4 is 29.5 Å². The van der Waals surface area contributed by atoms with Gasteiger partial charge in [-0.3, -0.25) is 19.2 Å². The van der Waals surface area contributed by atoms with E-state index in [1.165, 1.54) is 12.5 Å². The quantitative estimate of drug-likeness (QED) is 0.130. The first-order valence-corrected chi connectivity index (χ1v) is 18.4. The Labute approximate surface area is 283 Å². The Bertz CT molecular complexity index is 1110. The maximum Gasteiger partial charge on any atom is 0.315 e. The summed E-state index contributed by atoms with van der Waals surface area (Å²) in [5.41, 5.74) is -0.919. The second kappa shape index (κ2) is 17.5. The third-order valence-electron chi connectivity index (χ3n) is 11.0. The van der Waals surface area contributed by atoms with Gasteiger partial charge in [0, 0.05) is 18.6 Å². The molecular weight excluding hydrogens is 594 g/mol. The van der Waals surface area contributed by atoms with Crippen LogP contribution in [0.25, 0.3) is 0 Å². The topological polar surface area (TPSA) is 137 Å². The molecule has 47 heavy (non-hydrogen) atoms. The number of ketones is 1. The smallest absolute Gasteiger partial charge is 0.315 e. The molecule has 266 valence electrons. The van der Waals surface area contributed by atoms with E-state index in [4.69, 9.17) is 0 Å². The standard InChI is InChI=1S/C37H63N5O5/c1-8-11-17-25(4)37(21-14-13-15-22-37)41-35(47)40-31(36(5,6)7)34(46)42-24-26-18-16-19-27(26)29(42)32(44)39-28(20-12-9-2)30(43)33(45)38-23-10-3/h10,25-29,31H,3,8-9,11-24H2,1-2,4-7H3,(H,38,45)(H,39,44)(H2,40,41,47)/t25-,26-,27-,28-,29-,31+/m0/s1. The van der Waals surface area contributed by atoms with Gasteiger partial charge in [0.2, 0.25) is 17.6 Å². The Balaban J connectivity index is 1.83. The number of fused-ring (bicyclic) bond motifs is 1. The van der Waals surface area contributed by atoms with E-state index in [9.17, 15) is 24.0 Å². The lowest BCUT2D eigenvalue weighted by Gasteiger charge is -2.44. The largest absolute Gasteiger partial charge is 0.346 e. The predicted molar refractivity (Wildman–Crippen MR) is 185 cm³/mol. The van der Waals surface area contributed by atoms with Crippen molar-refractivity contribution in [2.75, 3.05) is 13.1 Å². The summed E-state index contributed by atoms with van der Waals surface area (Å²) in [7, 11) is 0. The fourth-order valence-electron chi connectivity index (χ4n) is 8.13. The van der Waals surface area contributed by atoms with Gasteiger partial charge in [-0.2, -0.15) is 0 Å². The van der Waals surface area contributed by atoms with Crippen molar-refractivity contribution in [1.82, 2.24) is 26.2 Å². The number of hydrogen-bond donors (Lipinski definition) is 4. The molecule has 1 heterocycles. The minimum atomic E-state index is -0.978. The van der Waals surface area contributed by atoms with Crippen LogP contribution >= 0.6 is 0 Å². The maximum absolute atomic E-state index is 14.5. The first-order chi connectivity index (χ1) is 22.3. The number of nitrogens with zero attached hydrogens (tertiary/aromatic N) is 1. The monoisotopic (exact) mass is 657 g/mol. The molecule has 0 radical (unpaired) electrons. The molecule has 6 atom stereocenters. The Kier molecular flexibility index (Phi) is 14.3. The summed E-state index contributed by atoms with van der Waals surface area (Å²) >= 11 is 0. The lowest BCUT2D eigenvalue weighted by atomic mass is 9.71. The van der Waals surface area contributed by atoms with Crippen LogP contribution in [0.3, 0.4) is 0 Å². The van der Waals surface area contributed by atoms with Crippen LogP contribution in [0.4, 0.5) is 4.79 Å². The minimum absolute atomic E-state index is 0.0326. The molecule has 3 rings (SSSR count). The summed E-state index contributed by atoms with van der Waals surface area (Å²) in [6.07, 6.45) is 14.4. The zero-order valence-corrected chi connectivity index (χ0v) is 30.1. The van der Waals surface area contributed by atoms with Gasteiger partial charge in [-0.25, -0.2) is 4.79 Å². The van der Waals surface area contributed by atoms with Crippen LogP contribution in [0.15, 0.2) is 12.7 Å². The molecule has 0 aromatic rings. The van der Waals surface area contributed by atoms with E-state index in [-0.39, 0.29) is 35.9 Å². The van der Waals surface area contributed by atoms with Crippen LogP contribution < -0.4 is 21.3 Å². The number of carbonyl (C=O) groups is 5. The van der Waals surface area contributed by atoms with Crippen LogP contribution in [0.2, 0.25) is 0 Å². The summed E-state index contributed by atoms with van der Waals surface area (Å²) in [5, 5.41) is 11.9. The molecule has 2 aliphatic carbocycles. The number of Topliss-reactive ketones (excluding diaryl/α,β-unsaturated/α-hetero) is 1. The highest BCUT2D eigenvalue weighted by atomic mass is 16.2. The third kappa shape index (κ3) is 9.82. The minimum Gasteiger partial charge on any atom is -0.346 e. The van der Waals surface area contributed by atoms with Crippen LogP contribution in [0.1, 0.15) is 131 Å². The zero-order valence-electron chi connectivity index (χ0n) is 30.1. The van der Waals surface area contributed by atoms with Crippen molar-refractivity contribution in [2.24, 2.45) is 23.2 Å². The van der Waals surface area contributed by atoms with Gasteiger partial charge in [0.25, 0.3) is 5.91 Å². The van der Waals surface area contributed by atoms with Crippen LogP contribution in [-0.4, -0.2) is 71.2 Å². The van der Waals surface area contributed by atoms with Gasteiger partial charge >= 0.3 is 6.03 Å². The highest BCUT2D eigenvalue weighted by Gasteiger charge is 2.52. The number of carbonyl (C=O) groups excluding carboxylic acids is 5. The summed E-state index contributed by atoms with van der Waals surface area (Å²) < 4.78 is 0. The Morgan fingerprint density at radius 2 is 1.60 bits per heavy atom. The maximum atomic E-state index is 14.5. The third-order valence-corrected chi connectivity index (χ3v) is 11.0. The molecule has 0 bridgehead atoms. The average Bonchev–Trinajstić information content (AvgIpc) is 3.64.